The van der Waals surface area contributed by atoms with Crippen LogP contribution in [0.3, 0.4) is 0 Å². The van der Waals surface area contributed by atoms with Crippen molar-refractivity contribution in [3.8, 4) is 0 Å². The van der Waals surface area contributed by atoms with Crippen molar-refractivity contribution in [2.45, 2.75) is 42.2 Å². The molecule has 10 heteroatoms. The number of fused-ring (bicyclic) bond motifs is 1. The molecule has 3 N–H and O–H groups in total. The van der Waals surface area contributed by atoms with Gasteiger partial charge in [0, 0.05) is 6.54 Å². The van der Waals surface area contributed by atoms with Crippen LogP contribution in [0, 0.1) is 0 Å². The zero-order valence-corrected chi connectivity index (χ0v) is 20.1. The van der Waals surface area contributed by atoms with Crippen LogP contribution in [0.15, 0.2) is 77.7 Å². The minimum absolute atomic E-state index is 0.0153. The Hall–Kier alpha value is -3.76. The largest absolute Gasteiger partial charge is 0.481 e. The molecular formula is C26H26N2O7S. The highest BCUT2D eigenvalue weighted by atomic mass is 32.2. The van der Waals surface area contributed by atoms with Gasteiger partial charge in [0.1, 0.15) is 6.04 Å². The van der Waals surface area contributed by atoms with Crippen LogP contribution in [0.1, 0.15) is 24.8 Å². The number of benzene rings is 3. The average molecular weight is 511 g/mol. The lowest BCUT2D eigenvalue weighted by Gasteiger charge is -2.36. The van der Waals surface area contributed by atoms with Gasteiger partial charge in [-0.2, -0.15) is 4.72 Å². The van der Waals surface area contributed by atoms with Crippen LogP contribution in [0.2, 0.25) is 0 Å². The number of hydrogen-bond donors (Lipinski definition) is 3. The summed E-state index contributed by atoms with van der Waals surface area (Å²) >= 11 is 0. The fourth-order valence-corrected chi connectivity index (χ4v) is 5.96. The number of rotatable bonds is 9. The number of nitrogens with zero attached hydrogens (tertiary/aromatic N) is 1. The van der Waals surface area contributed by atoms with Crippen LogP contribution in [0.25, 0.3) is 10.8 Å². The molecule has 3 aromatic carbocycles. The van der Waals surface area contributed by atoms with E-state index in [0.717, 1.165) is 10.3 Å². The Bertz CT molecular complexity index is 1410. The summed E-state index contributed by atoms with van der Waals surface area (Å²) in [7, 11) is -4.19. The summed E-state index contributed by atoms with van der Waals surface area (Å²) in [6.07, 6.45) is -0.550. The van der Waals surface area contributed by atoms with Gasteiger partial charge >= 0.3 is 11.9 Å². The van der Waals surface area contributed by atoms with Crippen LogP contribution < -0.4 is 4.72 Å². The number of carbonyl (C=O) groups excluding carboxylic acids is 1. The van der Waals surface area contributed by atoms with E-state index in [1.165, 1.54) is 12.1 Å². The molecular weight excluding hydrogens is 484 g/mol. The number of carboxylic acid groups (broad SMARTS) is 2. The van der Waals surface area contributed by atoms with E-state index < -0.39 is 45.9 Å². The lowest BCUT2D eigenvalue weighted by Crippen LogP contribution is -2.59. The molecule has 188 valence electrons. The summed E-state index contributed by atoms with van der Waals surface area (Å²) in [6.45, 7) is 0.0153. The lowest BCUT2D eigenvalue weighted by atomic mass is 9.91. The first kappa shape index (κ1) is 25.3. The molecule has 0 aromatic heterocycles. The molecule has 0 unspecified atom stereocenters. The maximum absolute atomic E-state index is 13.7. The number of sulfonamides is 1. The third-order valence-electron chi connectivity index (χ3n) is 6.51. The van der Waals surface area contributed by atoms with Crippen molar-refractivity contribution >= 4 is 38.6 Å². The summed E-state index contributed by atoms with van der Waals surface area (Å²) in [5.41, 5.74) is -1.28. The highest BCUT2D eigenvalue weighted by Gasteiger charge is 2.52. The minimum atomic E-state index is -4.19. The maximum atomic E-state index is 13.7. The summed E-state index contributed by atoms with van der Waals surface area (Å²) in [5.74, 6) is -3.55. The Morgan fingerprint density at radius 1 is 0.944 bits per heavy atom. The average Bonchev–Trinajstić information content (AvgIpc) is 3.27. The Morgan fingerprint density at radius 2 is 1.61 bits per heavy atom. The van der Waals surface area contributed by atoms with E-state index in [0.29, 0.717) is 17.4 Å². The molecule has 0 saturated carbocycles. The van der Waals surface area contributed by atoms with Crippen molar-refractivity contribution < 1.29 is 33.0 Å². The molecule has 4 rings (SSSR count). The highest BCUT2D eigenvalue weighted by Crippen LogP contribution is 2.34. The summed E-state index contributed by atoms with van der Waals surface area (Å²) in [5, 5.41) is 20.8. The Morgan fingerprint density at radius 3 is 2.28 bits per heavy atom. The van der Waals surface area contributed by atoms with Crippen LogP contribution in [0.5, 0.6) is 0 Å². The zero-order chi connectivity index (χ0) is 25.9. The fraction of sp³-hybridized carbons (Fsp3) is 0.269. The maximum Gasteiger partial charge on any atom is 0.330 e. The molecule has 1 amide bonds. The first-order chi connectivity index (χ1) is 17.1. The van der Waals surface area contributed by atoms with E-state index in [9.17, 15) is 33.0 Å². The van der Waals surface area contributed by atoms with Gasteiger partial charge in [0.15, 0.2) is 5.54 Å². The van der Waals surface area contributed by atoms with E-state index >= 15 is 0 Å². The summed E-state index contributed by atoms with van der Waals surface area (Å²) < 4.78 is 29.2. The second-order valence-electron chi connectivity index (χ2n) is 8.87. The predicted octanol–water partition coefficient (Wildman–Crippen LogP) is 2.65. The van der Waals surface area contributed by atoms with Gasteiger partial charge in [0.05, 0.1) is 11.3 Å². The van der Waals surface area contributed by atoms with E-state index in [1.807, 2.05) is 12.1 Å². The van der Waals surface area contributed by atoms with Crippen molar-refractivity contribution in [2.75, 3.05) is 6.54 Å². The smallest absolute Gasteiger partial charge is 0.330 e. The summed E-state index contributed by atoms with van der Waals surface area (Å²) in [4.78, 5) is 38.4. The van der Waals surface area contributed by atoms with E-state index in [4.69, 9.17) is 0 Å². The second-order valence-corrected chi connectivity index (χ2v) is 10.6. The van der Waals surface area contributed by atoms with Crippen molar-refractivity contribution in [1.29, 1.82) is 0 Å². The van der Waals surface area contributed by atoms with Gasteiger partial charge in [-0.25, -0.2) is 13.2 Å². The highest BCUT2D eigenvalue weighted by molar-refractivity contribution is 7.89. The Labute approximate surface area is 208 Å². The standard InChI is InChI=1S/C26H26N2O7S/c29-23(30)17-26(25(32)33)13-6-14-28(26)24(31)22(15-18-7-2-1-3-8-18)27-36(34,35)21-12-11-19-9-4-5-10-20(19)16-21/h1-5,7-12,16,22,27H,6,13-15,17H2,(H,29,30)(H,32,33)/t22-,26-/m1/s1. The number of hydrogen-bond acceptors (Lipinski definition) is 5. The zero-order valence-electron chi connectivity index (χ0n) is 19.3. The molecule has 0 spiro atoms. The molecule has 1 aliphatic rings. The van der Waals surface area contributed by atoms with Gasteiger partial charge in [-0.15, -0.1) is 0 Å². The molecule has 3 aromatic rings. The Kier molecular flexibility index (Phi) is 7.09. The molecule has 1 heterocycles. The quantitative estimate of drug-likeness (QED) is 0.402. The molecule has 1 saturated heterocycles. The number of nitrogens with one attached hydrogen (secondary N) is 1. The number of carbonyl (C=O) groups is 3. The molecule has 0 aliphatic carbocycles. The van der Waals surface area contributed by atoms with E-state index in [1.54, 1.807) is 48.5 Å². The monoisotopic (exact) mass is 510 g/mol. The SMILES string of the molecule is O=C(O)C[C@@]1(C(=O)O)CCCN1C(=O)[C@@H](Cc1ccccc1)NS(=O)(=O)c1ccc2ccccc2c1. The molecule has 1 aliphatic heterocycles. The third kappa shape index (κ3) is 5.09. The number of amides is 1. The van der Waals surface area contributed by atoms with Crippen LogP contribution in [-0.4, -0.2) is 59.5 Å². The first-order valence-electron chi connectivity index (χ1n) is 11.4. The van der Waals surface area contributed by atoms with Gasteiger partial charge in [0.25, 0.3) is 0 Å². The second kappa shape index (κ2) is 10.1. The van der Waals surface area contributed by atoms with Gasteiger partial charge in [0.2, 0.25) is 15.9 Å². The molecule has 0 radical (unpaired) electrons. The first-order valence-corrected chi connectivity index (χ1v) is 12.9. The van der Waals surface area contributed by atoms with Crippen molar-refractivity contribution in [3.05, 3.63) is 78.4 Å². The van der Waals surface area contributed by atoms with Gasteiger partial charge in [-0.3, -0.25) is 9.59 Å². The van der Waals surface area contributed by atoms with Crippen LogP contribution in [-0.2, 0) is 30.8 Å². The normalized spacial score (nSPS) is 18.7. The molecule has 1 fully saturated rings. The molecule has 0 bridgehead atoms. The van der Waals surface area contributed by atoms with Crippen molar-refractivity contribution in [2.24, 2.45) is 0 Å². The minimum Gasteiger partial charge on any atom is -0.481 e. The van der Waals surface area contributed by atoms with Crippen LogP contribution in [0.4, 0.5) is 0 Å². The Balaban J connectivity index is 1.70. The fourth-order valence-electron chi connectivity index (χ4n) is 4.74. The molecule has 2 atom stereocenters. The van der Waals surface area contributed by atoms with E-state index in [2.05, 4.69) is 4.72 Å². The van der Waals surface area contributed by atoms with E-state index in [-0.39, 0.29) is 24.3 Å². The third-order valence-corrected chi connectivity index (χ3v) is 7.98. The van der Waals surface area contributed by atoms with Crippen LogP contribution >= 0.6 is 0 Å². The van der Waals surface area contributed by atoms with Gasteiger partial charge in [-0.05, 0) is 47.7 Å². The van der Waals surface area contributed by atoms with Gasteiger partial charge < -0.3 is 15.1 Å². The number of likely N-dealkylation sites (tertiary alicyclic amines) is 1. The molecule has 9 nitrogen and oxygen atoms in total. The lowest BCUT2D eigenvalue weighted by molar-refractivity contribution is -0.161. The topological polar surface area (TPSA) is 141 Å². The summed E-state index contributed by atoms with van der Waals surface area (Å²) in [6, 6.07) is 19.3. The van der Waals surface area contributed by atoms with Crippen molar-refractivity contribution in [3.63, 3.8) is 0 Å². The number of aliphatic carboxylic acids is 2. The predicted molar refractivity (Wildman–Crippen MR) is 132 cm³/mol. The number of carboxylic acids is 2. The molecule has 36 heavy (non-hydrogen) atoms. The van der Waals surface area contributed by atoms with Crippen molar-refractivity contribution in [1.82, 2.24) is 9.62 Å². The van der Waals surface area contributed by atoms with Gasteiger partial charge in [-0.1, -0.05) is 60.7 Å².